The van der Waals surface area contributed by atoms with E-state index < -0.39 is 11.9 Å². The van der Waals surface area contributed by atoms with Crippen LogP contribution in [0.15, 0.2) is 22.1 Å². The molecule has 0 saturated carbocycles. The zero-order valence-corrected chi connectivity index (χ0v) is 5.18. The van der Waals surface area contributed by atoms with Gasteiger partial charge in [-0.15, -0.1) is 5.11 Å². The zero-order valence-electron chi connectivity index (χ0n) is 5.18. The summed E-state index contributed by atoms with van der Waals surface area (Å²) in [5.74, 6) is 0. The molecule has 0 unspecified atom stereocenters. The fraction of sp³-hybridized carbons (Fsp3) is 0.500. The summed E-state index contributed by atoms with van der Waals surface area (Å²) in [6, 6.07) is 0. The fourth-order valence-electron chi connectivity index (χ4n) is 0.292. The van der Waals surface area contributed by atoms with Crippen molar-refractivity contribution in [2.45, 2.75) is 6.18 Å². The van der Waals surface area contributed by atoms with Gasteiger partial charge in [0.1, 0.15) is 0 Å². The highest BCUT2D eigenvalue weighted by Gasteiger charge is 2.33. The van der Waals surface area contributed by atoms with E-state index in [0.29, 0.717) is 6.20 Å². The summed E-state index contributed by atoms with van der Waals surface area (Å²) in [6.45, 7) is 0. The van der Waals surface area contributed by atoms with Gasteiger partial charge in [-0.05, 0) is 0 Å². The van der Waals surface area contributed by atoms with Crippen LogP contribution in [0.25, 0.3) is 0 Å². The van der Waals surface area contributed by atoms with Gasteiger partial charge < -0.3 is 5.73 Å². The van der Waals surface area contributed by atoms with E-state index in [9.17, 15) is 13.2 Å². The maximum atomic E-state index is 11.6. The second-order valence-corrected chi connectivity index (χ2v) is 1.35. The standard InChI is InChI=1S/C4H6F3N3/c1-9-10-3(2-8)4(5,6)7/h2H,8H2,1H3/b3-2-,10-9-. The smallest absolute Gasteiger partial charge is 0.403 e. The largest absolute Gasteiger partial charge is 0.436 e. The molecule has 0 amide bonds. The van der Waals surface area contributed by atoms with Crippen molar-refractivity contribution in [3.8, 4) is 0 Å². The molecule has 58 valence electrons. The number of azo groups is 1. The minimum Gasteiger partial charge on any atom is -0.403 e. The van der Waals surface area contributed by atoms with Crippen molar-refractivity contribution in [3.05, 3.63) is 11.9 Å². The summed E-state index contributed by atoms with van der Waals surface area (Å²) in [6.07, 6.45) is -4.14. The molecule has 0 fully saturated rings. The number of rotatable bonds is 1. The quantitative estimate of drug-likeness (QED) is 0.569. The van der Waals surface area contributed by atoms with E-state index in [0.717, 1.165) is 7.05 Å². The number of alkyl halides is 3. The molecule has 0 aromatic heterocycles. The Morgan fingerprint density at radius 1 is 1.50 bits per heavy atom. The normalized spacial score (nSPS) is 14.6. The first-order chi connectivity index (χ1) is 4.52. The molecule has 0 aromatic rings. The van der Waals surface area contributed by atoms with Crippen LogP contribution in [0.3, 0.4) is 0 Å². The zero-order chi connectivity index (χ0) is 8.20. The van der Waals surface area contributed by atoms with Crippen LogP contribution >= 0.6 is 0 Å². The number of nitrogens with two attached hydrogens (primary N) is 1. The van der Waals surface area contributed by atoms with Gasteiger partial charge in [0.15, 0.2) is 5.70 Å². The molecule has 0 aliphatic heterocycles. The summed E-state index contributed by atoms with van der Waals surface area (Å²) in [7, 11) is 1.13. The molecule has 0 bridgehead atoms. The highest BCUT2D eigenvalue weighted by Crippen LogP contribution is 2.25. The molecular formula is C4H6F3N3. The Hall–Kier alpha value is -1.07. The first kappa shape index (κ1) is 8.93. The average Bonchev–Trinajstić information content (AvgIpc) is 1.80. The van der Waals surface area contributed by atoms with Crippen molar-refractivity contribution in [2.24, 2.45) is 16.0 Å². The van der Waals surface area contributed by atoms with Gasteiger partial charge in [-0.25, -0.2) is 0 Å². The Morgan fingerprint density at radius 3 is 2.10 bits per heavy atom. The molecule has 10 heavy (non-hydrogen) atoms. The second kappa shape index (κ2) is 3.19. The Kier molecular flexibility index (Phi) is 2.85. The van der Waals surface area contributed by atoms with Crippen LogP contribution in [0.1, 0.15) is 0 Å². The first-order valence-electron chi connectivity index (χ1n) is 2.31. The molecule has 6 heteroatoms. The number of hydrogen-bond donors (Lipinski definition) is 1. The van der Waals surface area contributed by atoms with E-state index in [1.54, 1.807) is 0 Å². The van der Waals surface area contributed by atoms with Crippen LogP contribution < -0.4 is 5.73 Å². The lowest BCUT2D eigenvalue weighted by molar-refractivity contribution is -0.0932. The topological polar surface area (TPSA) is 50.7 Å². The van der Waals surface area contributed by atoms with Gasteiger partial charge >= 0.3 is 6.18 Å². The molecule has 0 rings (SSSR count). The first-order valence-corrected chi connectivity index (χ1v) is 2.31. The molecule has 0 radical (unpaired) electrons. The minimum absolute atomic E-state index is 0.368. The summed E-state index contributed by atoms with van der Waals surface area (Å²) >= 11 is 0. The molecule has 0 saturated heterocycles. The summed E-state index contributed by atoms with van der Waals surface area (Å²) in [5.41, 5.74) is 3.42. The van der Waals surface area contributed by atoms with E-state index in [-0.39, 0.29) is 0 Å². The Morgan fingerprint density at radius 2 is 2.00 bits per heavy atom. The van der Waals surface area contributed by atoms with Crippen molar-refractivity contribution in [3.63, 3.8) is 0 Å². The SMILES string of the molecule is C/N=N\C(=C/N)C(F)(F)F. The van der Waals surface area contributed by atoms with E-state index in [4.69, 9.17) is 0 Å². The molecule has 0 spiro atoms. The van der Waals surface area contributed by atoms with Crippen molar-refractivity contribution < 1.29 is 13.2 Å². The predicted octanol–water partition coefficient (Wildman–Crippen LogP) is 1.43. The third kappa shape index (κ3) is 2.47. The van der Waals surface area contributed by atoms with Gasteiger partial charge in [0, 0.05) is 13.2 Å². The Balaban J connectivity index is 4.39. The van der Waals surface area contributed by atoms with Crippen molar-refractivity contribution in [1.29, 1.82) is 0 Å². The molecule has 0 aromatic carbocycles. The Labute approximate surface area is 55.4 Å². The lowest BCUT2D eigenvalue weighted by atomic mass is 10.5. The van der Waals surface area contributed by atoms with Gasteiger partial charge in [-0.2, -0.15) is 18.3 Å². The van der Waals surface area contributed by atoms with Gasteiger partial charge in [0.2, 0.25) is 0 Å². The van der Waals surface area contributed by atoms with E-state index in [1.807, 2.05) is 0 Å². The summed E-state index contributed by atoms with van der Waals surface area (Å²) in [4.78, 5) is 0. The van der Waals surface area contributed by atoms with Gasteiger partial charge in [-0.3, -0.25) is 0 Å². The second-order valence-electron chi connectivity index (χ2n) is 1.35. The van der Waals surface area contributed by atoms with Crippen molar-refractivity contribution in [1.82, 2.24) is 0 Å². The predicted molar refractivity (Wildman–Crippen MR) is 29.1 cm³/mol. The third-order valence-corrected chi connectivity index (χ3v) is 0.656. The van der Waals surface area contributed by atoms with E-state index in [2.05, 4.69) is 16.0 Å². The Bertz CT molecular complexity index is 158. The van der Waals surface area contributed by atoms with Crippen molar-refractivity contribution >= 4 is 0 Å². The molecule has 0 aliphatic carbocycles. The van der Waals surface area contributed by atoms with Crippen LogP contribution in [0, 0.1) is 0 Å². The number of hydrogen-bond acceptors (Lipinski definition) is 3. The van der Waals surface area contributed by atoms with Gasteiger partial charge in [0.05, 0.1) is 0 Å². The number of halogens is 3. The molecule has 3 nitrogen and oxygen atoms in total. The summed E-state index contributed by atoms with van der Waals surface area (Å²) < 4.78 is 34.8. The van der Waals surface area contributed by atoms with Crippen LogP contribution in [-0.2, 0) is 0 Å². The van der Waals surface area contributed by atoms with Gasteiger partial charge in [0.25, 0.3) is 0 Å². The minimum atomic E-state index is -4.51. The van der Waals surface area contributed by atoms with E-state index in [1.165, 1.54) is 0 Å². The van der Waals surface area contributed by atoms with Crippen molar-refractivity contribution in [2.75, 3.05) is 7.05 Å². The molecule has 2 N–H and O–H groups in total. The average molecular weight is 153 g/mol. The van der Waals surface area contributed by atoms with Gasteiger partial charge in [-0.1, -0.05) is 0 Å². The molecule has 0 atom stereocenters. The summed E-state index contributed by atoms with van der Waals surface area (Å²) in [5, 5.41) is 5.68. The fourth-order valence-corrected chi connectivity index (χ4v) is 0.292. The number of nitrogens with zero attached hydrogens (tertiary/aromatic N) is 2. The third-order valence-electron chi connectivity index (χ3n) is 0.656. The monoisotopic (exact) mass is 153 g/mol. The van der Waals surface area contributed by atoms with Crippen LogP contribution in [-0.4, -0.2) is 13.2 Å². The lowest BCUT2D eigenvalue weighted by Gasteiger charge is -2.02. The van der Waals surface area contributed by atoms with Crippen LogP contribution in [0.2, 0.25) is 0 Å². The maximum absolute atomic E-state index is 11.6. The molecule has 0 aliphatic rings. The lowest BCUT2D eigenvalue weighted by Crippen LogP contribution is -2.11. The highest BCUT2D eigenvalue weighted by atomic mass is 19.4. The van der Waals surface area contributed by atoms with Crippen LogP contribution in [0.5, 0.6) is 0 Å². The highest BCUT2D eigenvalue weighted by molar-refractivity contribution is 5.03. The molecule has 0 heterocycles. The maximum Gasteiger partial charge on any atom is 0.436 e. The number of allylic oxidation sites excluding steroid dienone is 1. The van der Waals surface area contributed by atoms with Crippen LogP contribution in [0.4, 0.5) is 13.2 Å². The van der Waals surface area contributed by atoms with E-state index >= 15 is 0 Å². The molecular weight excluding hydrogens is 147 g/mol.